The Hall–Kier alpha value is -11.2. The molecule has 12 heteroatoms. The number of rotatable bonds is 8. The van der Waals surface area contributed by atoms with E-state index in [1.165, 1.54) is 55.6 Å². The van der Waals surface area contributed by atoms with E-state index in [0.29, 0.717) is 72.7 Å². The number of nitrogens with one attached hydrogen (secondary N) is 4. The van der Waals surface area contributed by atoms with E-state index in [-0.39, 0.29) is 46.3 Å². The van der Waals surface area contributed by atoms with Gasteiger partial charge in [0.2, 0.25) is 11.4 Å². The van der Waals surface area contributed by atoms with Gasteiger partial charge in [0.15, 0.2) is 12.3 Å². The van der Waals surface area contributed by atoms with Crippen molar-refractivity contribution in [1.82, 2.24) is 21.3 Å². The highest BCUT2D eigenvalue weighted by Gasteiger charge is 2.31. The van der Waals surface area contributed by atoms with Gasteiger partial charge < -0.3 is 31.3 Å². The minimum absolute atomic E-state index is 0.205. The van der Waals surface area contributed by atoms with Crippen molar-refractivity contribution in [2.75, 3.05) is 4.90 Å². The molecule has 0 saturated carbocycles. The number of nitrogens with zero attached hydrogens (tertiary/aromatic N) is 2. The normalized spacial score (nSPS) is 14.2. The molecule has 4 heterocycles. The number of amides is 4. The van der Waals surface area contributed by atoms with Crippen LogP contribution in [0.5, 0.6) is 0 Å². The Balaban J connectivity index is 0.000000201. The van der Waals surface area contributed by atoms with Crippen molar-refractivity contribution in [1.29, 1.82) is 0 Å². The minimum atomic E-state index is -0.280. The summed E-state index contributed by atoms with van der Waals surface area (Å²) in [6.07, 6.45) is 7.86. The zero-order chi connectivity index (χ0) is 66.2. The standard InChI is InChI=1S/C50H48N2O2.C32H28N4O4/c1-31-9-23-45(37(7)25-31)51(29-39-13-11-33(3)35(5)27-39)43-19-15-41(16-20-43)47-49(53)48(50(47)54)42-17-21-44(22-18-42)52(46-24-10-32(2)26-38(46)8)30-40-14-12-34(4)36(6)28-40;37-29-25-3-1-4-26(15-25)30(38)34-18-22-9-13-24(14-10-22)20-36-32(40)28-6-2-5-27(16-28)31(39)35-19-23-11-7-21(8-12-23)17-33-29/h9-28H,29-30H2,1-8H3;1-16H,17-20H2,(H,33,37)(H,34,38)(H,35,39)(H,36,40). The van der Waals surface area contributed by atoms with Crippen LogP contribution in [0.3, 0.4) is 0 Å². The summed E-state index contributed by atoms with van der Waals surface area (Å²) in [6, 6.07) is 62.3. The second-order valence-electron chi connectivity index (χ2n) is 24.6. The molecule has 4 amide bonds. The van der Waals surface area contributed by atoms with Crippen molar-refractivity contribution < 1.29 is 33.7 Å². The first-order valence-electron chi connectivity index (χ1n) is 31.7. The third kappa shape index (κ3) is 15.1. The Morgan fingerprint density at radius 1 is 0.394 bits per heavy atom. The quantitative estimate of drug-likeness (QED) is 0.0869. The van der Waals surface area contributed by atoms with Gasteiger partial charge in [-0.15, -0.1) is 0 Å². The second-order valence-corrected chi connectivity index (χ2v) is 24.6. The number of carbonyl (C=O) groups excluding carboxylic acids is 5. The van der Waals surface area contributed by atoms with E-state index >= 15 is 0 Å². The van der Waals surface area contributed by atoms with Gasteiger partial charge in [-0.05, 0) is 201 Å². The molecule has 0 radical (unpaired) electrons. The van der Waals surface area contributed by atoms with E-state index in [2.05, 4.69) is 159 Å². The van der Waals surface area contributed by atoms with E-state index in [1.54, 1.807) is 48.5 Å². The van der Waals surface area contributed by atoms with Crippen LogP contribution in [0.1, 0.15) is 125 Å². The van der Waals surface area contributed by atoms with Crippen LogP contribution in [-0.4, -0.2) is 39.7 Å². The van der Waals surface area contributed by atoms with Gasteiger partial charge in [-0.25, -0.2) is 0 Å². The molecule has 15 rings (SSSR count). The van der Waals surface area contributed by atoms with Gasteiger partial charge in [0.1, 0.15) is 0 Å². The number of anilines is 2. The average Bonchev–Trinajstić information content (AvgIpc) is 0.748. The molecule has 0 atom stereocenters. The molecule has 0 aromatic heterocycles. The van der Waals surface area contributed by atoms with Crippen molar-refractivity contribution in [3.8, 4) is 0 Å². The molecule has 9 aromatic carbocycles. The van der Waals surface area contributed by atoms with E-state index < -0.39 is 0 Å². The summed E-state index contributed by atoms with van der Waals surface area (Å²) >= 11 is 0. The number of ketones is 1. The zero-order valence-electron chi connectivity index (χ0n) is 54.4. The van der Waals surface area contributed by atoms with Crippen molar-refractivity contribution in [2.24, 2.45) is 0 Å². The lowest BCUT2D eigenvalue weighted by Crippen LogP contribution is -2.30. The van der Waals surface area contributed by atoms with Gasteiger partial charge in [0, 0.05) is 107 Å². The highest BCUT2D eigenvalue weighted by molar-refractivity contribution is 6.39. The van der Waals surface area contributed by atoms with Crippen LogP contribution in [0.15, 0.2) is 235 Å². The molecule has 4 N–H and O–H groups in total. The molecule has 9 aromatic rings. The van der Waals surface area contributed by atoms with Crippen LogP contribution in [0.2, 0.25) is 0 Å². The number of hydrogen-bond acceptors (Lipinski definition) is 7. The van der Waals surface area contributed by atoms with Crippen LogP contribution in [0.4, 0.5) is 17.1 Å². The fourth-order valence-corrected chi connectivity index (χ4v) is 11.8. The van der Waals surface area contributed by atoms with Gasteiger partial charge in [0.05, 0.1) is 0 Å². The number of hydrogen-bond donors (Lipinski definition) is 4. The van der Waals surface area contributed by atoms with Crippen LogP contribution in [0.25, 0.3) is 5.57 Å². The lowest BCUT2D eigenvalue weighted by Gasteiger charge is -2.33. The molecular weight excluding hydrogens is 1160 g/mol. The maximum absolute atomic E-state index is 13.7. The minimum Gasteiger partial charge on any atom is -0.871 e. The third-order valence-corrected chi connectivity index (χ3v) is 17.6. The Morgan fingerprint density at radius 2 is 0.830 bits per heavy atom. The van der Waals surface area contributed by atoms with Crippen LogP contribution < -0.4 is 31.3 Å². The average molecular weight is 1240 g/mol. The first kappa shape index (κ1) is 64.3. The first-order valence-corrected chi connectivity index (χ1v) is 31.7. The van der Waals surface area contributed by atoms with E-state index in [9.17, 15) is 29.1 Å². The lowest BCUT2D eigenvalue weighted by atomic mass is 9.80. The Labute approximate surface area is 550 Å². The van der Waals surface area contributed by atoms with Crippen LogP contribution in [-0.2, 0) is 44.1 Å². The molecule has 8 bridgehead atoms. The van der Waals surface area contributed by atoms with Crippen molar-refractivity contribution in [3.05, 3.63) is 341 Å². The molecule has 0 fully saturated rings. The summed E-state index contributed by atoms with van der Waals surface area (Å²) in [6.45, 7) is 19.7. The van der Waals surface area contributed by atoms with Gasteiger partial charge in [0.25, 0.3) is 23.6 Å². The molecule has 0 saturated heterocycles. The molecule has 12 nitrogen and oxygen atoms in total. The largest absolute Gasteiger partial charge is 0.871 e. The fourth-order valence-electron chi connectivity index (χ4n) is 11.8. The third-order valence-electron chi connectivity index (χ3n) is 17.6. The van der Waals surface area contributed by atoms with E-state index in [4.69, 9.17) is 0 Å². The molecule has 4 aliphatic heterocycles. The Kier molecular flexibility index (Phi) is 19.5. The van der Waals surface area contributed by atoms with E-state index in [0.717, 1.165) is 45.0 Å². The molecule has 2 aliphatic carbocycles. The molecule has 0 spiro atoms. The first-order chi connectivity index (χ1) is 45.3. The molecule has 470 valence electrons. The number of benzene rings is 9. The predicted molar refractivity (Wildman–Crippen MR) is 372 cm³/mol. The highest BCUT2D eigenvalue weighted by Crippen LogP contribution is 2.39. The molecule has 94 heavy (non-hydrogen) atoms. The van der Waals surface area contributed by atoms with Crippen molar-refractivity contribution in [3.63, 3.8) is 0 Å². The predicted octanol–water partition coefficient (Wildman–Crippen LogP) is 14.3. The topological polar surface area (TPSA) is 163 Å². The Morgan fingerprint density at radius 3 is 1.27 bits per heavy atom. The lowest BCUT2D eigenvalue weighted by molar-refractivity contribution is -0.456. The number of allylic oxidation sites excluding steroid dienone is 7. The molecule has 0 unspecified atom stereocenters. The summed E-state index contributed by atoms with van der Waals surface area (Å²) in [4.78, 5) is 67.0. The Bertz CT molecular complexity index is 4380. The summed E-state index contributed by atoms with van der Waals surface area (Å²) in [5.74, 6) is -1.53. The van der Waals surface area contributed by atoms with Crippen molar-refractivity contribution in [2.45, 2.75) is 94.7 Å². The zero-order valence-corrected chi connectivity index (χ0v) is 54.4. The summed E-state index contributed by atoms with van der Waals surface area (Å²) < 4.78 is 2.30. The summed E-state index contributed by atoms with van der Waals surface area (Å²) in [5.41, 5.74) is 23.5. The number of Topliss-reactive ketones (excluding diaryl/α,β-unsaturated/α-hetero) is 1. The second kappa shape index (κ2) is 28.5. The fraction of sp³-hybridized carbons (Fsp3) is 0.171. The van der Waals surface area contributed by atoms with Gasteiger partial charge >= 0.3 is 0 Å². The van der Waals surface area contributed by atoms with Crippen LogP contribution in [0, 0.1) is 55.4 Å². The van der Waals surface area contributed by atoms with Gasteiger partial charge in [-0.3, -0.25) is 24.0 Å². The number of aryl methyl sites for hydroxylation is 8. The monoisotopic (exact) mass is 1240 g/mol. The molecule has 6 aliphatic rings. The summed E-state index contributed by atoms with van der Waals surface area (Å²) in [7, 11) is 0. The van der Waals surface area contributed by atoms with Gasteiger partial charge in [-0.2, -0.15) is 4.58 Å². The molecular formula is C82H76N6O6. The number of carbonyl (C=O) groups is 5. The smallest absolute Gasteiger partial charge is 0.251 e. The van der Waals surface area contributed by atoms with E-state index in [1.807, 2.05) is 97.1 Å². The van der Waals surface area contributed by atoms with Crippen molar-refractivity contribution >= 4 is 57.8 Å². The van der Waals surface area contributed by atoms with Crippen LogP contribution >= 0.6 is 0 Å². The SMILES string of the molecule is Cc1ccc(N(Cc2ccc(C)c(C)c2)c2ccc(C3=C([O-])C(=C4C=CC(=[N+](Cc5ccc(C)c(C)c5)c5ccc(C)cc5C)C=C4)C3=O)cc2)c(C)c1.O=C1NCc2ccc(cc2)CNC(=O)c2cccc(c2)C(=O)NCc2ccc(cc2)CNC(=O)c2cccc1c2. The maximum atomic E-state index is 13.7. The maximum Gasteiger partial charge on any atom is 0.251 e. The van der Waals surface area contributed by atoms with Gasteiger partial charge in [-0.1, -0.05) is 138 Å². The summed E-state index contributed by atoms with van der Waals surface area (Å²) in [5, 5.41) is 25.2. The highest BCUT2D eigenvalue weighted by atomic mass is 16.3.